The summed E-state index contributed by atoms with van der Waals surface area (Å²) in [7, 11) is 1.71. The number of nitro groups is 1. The Labute approximate surface area is 166 Å². The Morgan fingerprint density at radius 3 is 2.71 bits per heavy atom. The van der Waals surface area contributed by atoms with Gasteiger partial charge in [0, 0.05) is 32.3 Å². The molecule has 0 spiro atoms. The first-order valence-electron chi connectivity index (χ1n) is 9.16. The fourth-order valence-corrected chi connectivity index (χ4v) is 4.53. The molecule has 0 unspecified atom stereocenters. The summed E-state index contributed by atoms with van der Waals surface area (Å²) in [4.78, 5) is 32.2. The minimum Gasteiger partial charge on any atom is -0.371 e. The van der Waals surface area contributed by atoms with Crippen molar-refractivity contribution in [3.63, 3.8) is 0 Å². The van der Waals surface area contributed by atoms with Crippen molar-refractivity contribution in [2.75, 3.05) is 25.0 Å². The molecule has 144 valence electrons. The van der Waals surface area contributed by atoms with Crippen LogP contribution in [-0.4, -0.2) is 40.9 Å². The Morgan fingerprint density at radius 1 is 1.25 bits per heavy atom. The number of hydrogen-bond acceptors (Lipinski definition) is 6. The highest BCUT2D eigenvalue weighted by molar-refractivity contribution is 7.18. The van der Waals surface area contributed by atoms with E-state index in [1.807, 2.05) is 24.3 Å². The van der Waals surface area contributed by atoms with Gasteiger partial charge < -0.3 is 9.80 Å². The molecule has 0 N–H and O–H groups in total. The van der Waals surface area contributed by atoms with E-state index in [-0.39, 0.29) is 11.6 Å². The number of nitro benzene ring substituents is 1. The average molecular weight is 396 g/mol. The van der Waals surface area contributed by atoms with Crippen LogP contribution in [0.2, 0.25) is 0 Å². The van der Waals surface area contributed by atoms with Gasteiger partial charge in [-0.2, -0.15) is 0 Å². The molecule has 28 heavy (non-hydrogen) atoms. The molecule has 1 aliphatic heterocycles. The highest BCUT2D eigenvalue weighted by Gasteiger charge is 2.25. The number of fused-ring (bicyclic) bond motifs is 1. The number of aromatic nitrogens is 1. The zero-order valence-electron chi connectivity index (χ0n) is 15.5. The second kappa shape index (κ2) is 7.55. The van der Waals surface area contributed by atoms with Crippen molar-refractivity contribution >= 4 is 38.8 Å². The van der Waals surface area contributed by atoms with Crippen molar-refractivity contribution in [3.05, 3.63) is 63.1 Å². The Balaban J connectivity index is 1.63. The smallest absolute Gasteiger partial charge is 0.270 e. The number of carbonyl (C=O) groups is 1. The maximum atomic E-state index is 13.2. The van der Waals surface area contributed by atoms with Gasteiger partial charge in [0.05, 0.1) is 32.9 Å². The first kappa shape index (κ1) is 18.4. The van der Waals surface area contributed by atoms with Gasteiger partial charge in [0.25, 0.3) is 11.6 Å². The minimum atomic E-state index is -0.460. The van der Waals surface area contributed by atoms with E-state index in [9.17, 15) is 14.9 Å². The number of rotatable bonds is 5. The Bertz CT molecular complexity index is 1010. The van der Waals surface area contributed by atoms with Gasteiger partial charge in [0.2, 0.25) is 0 Å². The van der Waals surface area contributed by atoms with Crippen LogP contribution in [0, 0.1) is 10.1 Å². The van der Waals surface area contributed by atoms with Gasteiger partial charge in [-0.1, -0.05) is 12.1 Å². The van der Waals surface area contributed by atoms with Gasteiger partial charge in [0.1, 0.15) is 5.01 Å². The molecule has 4 rings (SSSR count). The first-order chi connectivity index (χ1) is 13.5. The van der Waals surface area contributed by atoms with Crippen LogP contribution < -0.4 is 4.90 Å². The van der Waals surface area contributed by atoms with Gasteiger partial charge in [-0.25, -0.2) is 4.98 Å². The molecule has 1 saturated heterocycles. The molecule has 1 fully saturated rings. The SMILES string of the molecule is CN(Cc1nc2ccccc2s1)C(=O)c1cc([N+](=O)[O-])ccc1N1CCCC1. The van der Waals surface area contributed by atoms with Crippen molar-refractivity contribution in [2.24, 2.45) is 0 Å². The molecule has 7 nitrogen and oxygen atoms in total. The Hall–Kier alpha value is -3.00. The van der Waals surface area contributed by atoms with Crippen LogP contribution >= 0.6 is 11.3 Å². The molecule has 3 aromatic rings. The van der Waals surface area contributed by atoms with Gasteiger partial charge in [-0.05, 0) is 31.0 Å². The van der Waals surface area contributed by atoms with Gasteiger partial charge in [0.15, 0.2) is 0 Å². The molecule has 1 aromatic heterocycles. The van der Waals surface area contributed by atoms with Crippen molar-refractivity contribution in [1.82, 2.24) is 9.88 Å². The van der Waals surface area contributed by atoms with E-state index in [0.717, 1.165) is 46.8 Å². The van der Waals surface area contributed by atoms with Crippen LogP contribution in [-0.2, 0) is 6.54 Å². The number of non-ortho nitro benzene ring substituents is 1. The first-order valence-corrected chi connectivity index (χ1v) is 9.98. The molecule has 0 bridgehead atoms. The summed E-state index contributed by atoms with van der Waals surface area (Å²) in [6.07, 6.45) is 2.12. The second-order valence-electron chi connectivity index (χ2n) is 6.89. The summed E-state index contributed by atoms with van der Waals surface area (Å²) in [6, 6.07) is 12.4. The van der Waals surface area contributed by atoms with Gasteiger partial charge in [-0.3, -0.25) is 14.9 Å². The van der Waals surface area contributed by atoms with E-state index in [0.29, 0.717) is 12.1 Å². The van der Waals surface area contributed by atoms with E-state index >= 15 is 0 Å². The summed E-state index contributed by atoms with van der Waals surface area (Å²) in [5.74, 6) is -0.232. The maximum absolute atomic E-state index is 13.2. The highest BCUT2D eigenvalue weighted by Crippen LogP contribution is 2.30. The third-order valence-corrected chi connectivity index (χ3v) is 5.95. The van der Waals surface area contributed by atoms with E-state index in [2.05, 4.69) is 9.88 Å². The second-order valence-corrected chi connectivity index (χ2v) is 8.00. The third kappa shape index (κ3) is 3.55. The topological polar surface area (TPSA) is 79.6 Å². The van der Waals surface area contributed by atoms with E-state index < -0.39 is 4.92 Å². The zero-order chi connectivity index (χ0) is 19.7. The molecule has 1 amide bonds. The Kier molecular flexibility index (Phi) is 4.95. The van der Waals surface area contributed by atoms with Crippen molar-refractivity contribution in [3.8, 4) is 0 Å². The number of carbonyl (C=O) groups excluding carboxylic acids is 1. The summed E-state index contributed by atoms with van der Waals surface area (Å²) in [5, 5.41) is 12.1. The highest BCUT2D eigenvalue weighted by atomic mass is 32.1. The quantitative estimate of drug-likeness (QED) is 0.480. The van der Waals surface area contributed by atoms with Gasteiger partial charge in [-0.15, -0.1) is 11.3 Å². The van der Waals surface area contributed by atoms with Crippen LogP contribution in [0.4, 0.5) is 11.4 Å². The molecule has 2 heterocycles. The summed E-state index contributed by atoms with van der Waals surface area (Å²) >= 11 is 1.55. The summed E-state index contributed by atoms with van der Waals surface area (Å²) in [5.41, 5.74) is 1.99. The molecule has 8 heteroatoms. The molecule has 0 radical (unpaired) electrons. The summed E-state index contributed by atoms with van der Waals surface area (Å²) in [6.45, 7) is 2.08. The molecular formula is C20H20N4O3S. The lowest BCUT2D eigenvalue weighted by Gasteiger charge is -2.23. The zero-order valence-corrected chi connectivity index (χ0v) is 16.3. The molecule has 1 aliphatic rings. The monoisotopic (exact) mass is 396 g/mol. The number of hydrogen-bond donors (Lipinski definition) is 0. The van der Waals surface area contributed by atoms with Crippen molar-refractivity contribution in [2.45, 2.75) is 19.4 Å². The Morgan fingerprint density at radius 2 is 2.00 bits per heavy atom. The van der Waals surface area contributed by atoms with E-state index in [1.165, 1.54) is 12.1 Å². The van der Waals surface area contributed by atoms with Crippen LogP contribution in [0.3, 0.4) is 0 Å². The van der Waals surface area contributed by atoms with Gasteiger partial charge >= 0.3 is 0 Å². The number of anilines is 1. The number of thiazole rings is 1. The van der Waals surface area contributed by atoms with Crippen LogP contribution in [0.5, 0.6) is 0 Å². The standard InChI is InChI=1S/C20H20N4O3S/c1-22(13-19-21-16-6-2-3-7-18(16)28-19)20(25)15-12-14(24(26)27)8-9-17(15)23-10-4-5-11-23/h2-3,6-9,12H,4-5,10-11,13H2,1H3. The maximum Gasteiger partial charge on any atom is 0.270 e. The number of benzene rings is 2. The molecule has 2 aromatic carbocycles. The lowest BCUT2D eigenvalue weighted by molar-refractivity contribution is -0.384. The van der Waals surface area contributed by atoms with Crippen LogP contribution in [0.15, 0.2) is 42.5 Å². The normalized spacial score (nSPS) is 13.8. The molecule has 0 aliphatic carbocycles. The summed E-state index contributed by atoms with van der Waals surface area (Å²) < 4.78 is 1.08. The minimum absolute atomic E-state index is 0.0697. The third-order valence-electron chi connectivity index (χ3n) is 4.93. The molecule has 0 atom stereocenters. The molecular weight excluding hydrogens is 376 g/mol. The van der Waals surface area contributed by atoms with E-state index in [1.54, 1.807) is 29.4 Å². The number of para-hydroxylation sites is 1. The lowest BCUT2D eigenvalue weighted by Crippen LogP contribution is -2.29. The van der Waals surface area contributed by atoms with E-state index in [4.69, 9.17) is 0 Å². The predicted octanol–water partition coefficient (Wildman–Crippen LogP) is 4.08. The lowest BCUT2D eigenvalue weighted by atomic mass is 10.1. The van der Waals surface area contributed by atoms with Crippen LogP contribution in [0.25, 0.3) is 10.2 Å². The van der Waals surface area contributed by atoms with Crippen LogP contribution in [0.1, 0.15) is 28.2 Å². The number of amides is 1. The largest absolute Gasteiger partial charge is 0.371 e. The molecule has 0 saturated carbocycles. The van der Waals surface area contributed by atoms with Crippen molar-refractivity contribution in [1.29, 1.82) is 0 Å². The van der Waals surface area contributed by atoms with Crippen molar-refractivity contribution < 1.29 is 9.72 Å². The average Bonchev–Trinajstić information content (AvgIpc) is 3.36. The fourth-order valence-electron chi connectivity index (χ4n) is 3.51. The number of nitrogens with zero attached hydrogens (tertiary/aromatic N) is 4. The fraction of sp³-hybridized carbons (Fsp3) is 0.300. The predicted molar refractivity (Wildman–Crippen MR) is 110 cm³/mol.